The number of nitrogens with zero attached hydrogens (tertiary/aromatic N) is 3. The minimum atomic E-state index is -0.120. The third kappa shape index (κ3) is 5.01. The van der Waals surface area contributed by atoms with E-state index in [0.29, 0.717) is 22.4 Å². The Kier molecular flexibility index (Phi) is 6.54. The predicted octanol–water partition coefficient (Wildman–Crippen LogP) is 4.54. The summed E-state index contributed by atoms with van der Waals surface area (Å²) in [6, 6.07) is 11.4. The molecule has 0 aliphatic rings. The van der Waals surface area contributed by atoms with E-state index in [4.69, 9.17) is 21.3 Å². The monoisotopic (exact) mass is 417 g/mol. The lowest BCUT2D eigenvalue weighted by molar-refractivity contribution is -0.120. The number of rotatable bonds is 7. The Morgan fingerprint density at radius 2 is 1.86 bits per heavy atom. The zero-order valence-corrected chi connectivity index (χ0v) is 18.1. The van der Waals surface area contributed by atoms with E-state index in [1.165, 1.54) is 11.3 Å². The zero-order valence-electron chi connectivity index (χ0n) is 16.5. The van der Waals surface area contributed by atoms with Crippen LogP contribution in [0.1, 0.15) is 11.1 Å². The van der Waals surface area contributed by atoms with Crippen molar-refractivity contribution < 1.29 is 9.53 Å². The molecule has 2 aromatic carbocycles. The summed E-state index contributed by atoms with van der Waals surface area (Å²) >= 11 is 7.65. The highest BCUT2D eigenvalue weighted by atomic mass is 35.5. The van der Waals surface area contributed by atoms with Crippen LogP contribution in [0.25, 0.3) is 10.2 Å². The first-order valence-corrected chi connectivity index (χ1v) is 10.2. The first-order chi connectivity index (χ1) is 13.3. The van der Waals surface area contributed by atoms with Gasteiger partial charge in [-0.1, -0.05) is 40.6 Å². The molecule has 7 heteroatoms. The van der Waals surface area contributed by atoms with Gasteiger partial charge in [-0.05, 0) is 57.8 Å². The molecule has 0 atom stereocenters. The van der Waals surface area contributed by atoms with Gasteiger partial charge in [0, 0.05) is 18.1 Å². The summed E-state index contributed by atoms with van der Waals surface area (Å²) in [5.41, 5.74) is 3.03. The van der Waals surface area contributed by atoms with Crippen molar-refractivity contribution in [3.05, 3.63) is 52.5 Å². The van der Waals surface area contributed by atoms with Gasteiger partial charge >= 0.3 is 0 Å². The molecule has 1 amide bonds. The molecule has 3 aromatic rings. The maximum Gasteiger partial charge on any atom is 0.266 e. The lowest BCUT2D eigenvalue weighted by atomic mass is 10.2. The highest BCUT2D eigenvalue weighted by Crippen LogP contribution is 2.33. The fourth-order valence-electron chi connectivity index (χ4n) is 2.74. The Morgan fingerprint density at radius 1 is 1.14 bits per heavy atom. The summed E-state index contributed by atoms with van der Waals surface area (Å²) in [5.74, 6) is 0.559. The lowest BCUT2D eigenvalue weighted by Crippen LogP contribution is -2.39. The number of amides is 1. The fraction of sp³-hybridized carbons (Fsp3) is 0.333. The van der Waals surface area contributed by atoms with E-state index in [0.717, 1.165) is 27.9 Å². The molecule has 0 saturated heterocycles. The number of benzene rings is 2. The number of anilines is 1. The molecule has 0 fully saturated rings. The summed E-state index contributed by atoms with van der Waals surface area (Å²) in [6.45, 7) is 5.22. The number of aryl methyl sites for hydroxylation is 2. The molecular formula is C21H24ClN3O2S. The second-order valence-electron chi connectivity index (χ2n) is 7.02. The van der Waals surface area contributed by atoms with Crippen molar-refractivity contribution in [2.24, 2.45) is 0 Å². The van der Waals surface area contributed by atoms with Crippen molar-refractivity contribution >= 4 is 44.2 Å². The first kappa shape index (κ1) is 20.6. The van der Waals surface area contributed by atoms with E-state index in [1.54, 1.807) is 4.90 Å². The normalized spacial score (nSPS) is 11.2. The van der Waals surface area contributed by atoms with Gasteiger partial charge in [-0.2, -0.15) is 0 Å². The van der Waals surface area contributed by atoms with Gasteiger partial charge in [0.2, 0.25) is 0 Å². The van der Waals surface area contributed by atoms with Crippen molar-refractivity contribution in [1.29, 1.82) is 0 Å². The largest absolute Gasteiger partial charge is 0.484 e. The topological polar surface area (TPSA) is 45.7 Å². The Bertz CT molecular complexity index is 970. The second kappa shape index (κ2) is 8.90. The number of carbonyl (C=O) groups is 1. The van der Waals surface area contributed by atoms with Crippen LogP contribution in [-0.4, -0.2) is 49.6 Å². The average molecular weight is 418 g/mol. The molecule has 3 rings (SSSR count). The second-order valence-corrected chi connectivity index (χ2v) is 8.46. The Morgan fingerprint density at radius 3 is 2.54 bits per heavy atom. The van der Waals surface area contributed by atoms with Crippen LogP contribution >= 0.6 is 22.9 Å². The molecule has 0 aliphatic heterocycles. The fourth-order valence-corrected chi connectivity index (χ4v) is 4.21. The maximum absolute atomic E-state index is 12.9. The number of aromatic nitrogens is 1. The van der Waals surface area contributed by atoms with Crippen LogP contribution in [0.5, 0.6) is 5.75 Å². The van der Waals surface area contributed by atoms with E-state index in [1.807, 2.05) is 69.2 Å². The van der Waals surface area contributed by atoms with Gasteiger partial charge in [0.1, 0.15) is 5.75 Å². The van der Waals surface area contributed by atoms with Gasteiger partial charge in [0.15, 0.2) is 11.7 Å². The smallest absolute Gasteiger partial charge is 0.266 e. The van der Waals surface area contributed by atoms with Gasteiger partial charge in [0.05, 0.1) is 10.2 Å². The summed E-state index contributed by atoms with van der Waals surface area (Å²) in [6.07, 6.45) is 0. The van der Waals surface area contributed by atoms with E-state index in [9.17, 15) is 4.79 Å². The van der Waals surface area contributed by atoms with Crippen molar-refractivity contribution in [2.75, 3.05) is 38.7 Å². The summed E-state index contributed by atoms with van der Waals surface area (Å²) in [7, 11) is 3.96. The van der Waals surface area contributed by atoms with E-state index >= 15 is 0 Å². The number of ether oxygens (including phenoxy) is 1. The molecule has 0 spiro atoms. The minimum absolute atomic E-state index is 0.0356. The van der Waals surface area contributed by atoms with Gasteiger partial charge in [-0.25, -0.2) is 4.98 Å². The Hall–Kier alpha value is -2.15. The van der Waals surface area contributed by atoms with Crippen LogP contribution in [0.4, 0.5) is 5.13 Å². The number of likely N-dealkylation sites (N-methyl/N-ethyl adjacent to an activating group) is 1. The van der Waals surface area contributed by atoms with Gasteiger partial charge < -0.3 is 9.64 Å². The molecule has 0 N–H and O–H groups in total. The highest BCUT2D eigenvalue weighted by molar-refractivity contribution is 7.22. The molecule has 0 radical (unpaired) electrons. The van der Waals surface area contributed by atoms with Gasteiger partial charge in [0.25, 0.3) is 5.91 Å². The lowest BCUT2D eigenvalue weighted by Gasteiger charge is -2.22. The maximum atomic E-state index is 12.9. The Labute approximate surface area is 174 Å². The van der Waals surface area contributed by atoms with E-state index in [-0.39, 0.29) is 12.5 Å². The molecule has 0 bridgehead atoms. The molecule has 1 aromatic heterocycles. The van der Waals surface area contributed by atoms with Crippen LogP contribution in [0, 0.1) is 13.8 Å². The summed E-state index contributed by atoms with van der Waals surface area (Å²) in [4.78, 5) is 21.4. The number of hydrogen-bond donors (Lipinski definition) is 0. The number of halogens is 1. The quantitative estimate of drug-likeness (QED) is 0.566. The van der Waals surface area contributed by atoms with Crippen molar-refractivity contribution in [3.8, 4) is 5.75 Å². The van der Waals surface area contributed by atoms with Gasteiger partial charge in [-0.15, -0.1) is 0 Å². The SMILES string of the molecule is Cc1ccc(OCC(=O)N(CCN(C)C)c2nc3c(C)cc(Cl)cc3s2)cc1. The van der Waals surface area contributed by atoms with Crippen LogP contribution < -0.4 is 9.64 Å². The third-order valence-corrected chi connectivity index (χ3v) is 5.57. The molecular weight excluding hydrogens is 394 g/mol. The van der Waals surface area contributed by atoms with E-state index < -0.39 is 0 Å². The summed E-state index contributed by atoms with van der Waals surface area (Å²) < 4.78 is 6.67. The van der Waals surface area contributed by atoms with Crippen molar-refractivity contribution in [2.45, 2.75) is 13.8 Å². The molecule has 0 saturated carbocycles. The zero-order chi connectivity index (χ0) is 20.3. The third-order valence-electron chi connectivity index (χ3n) is 4.33. The molecule has 148 valence electrons. The molecule has 5 nitrogen and oxygen atoms in total. The molecule has 0 unspecified atom stereocenters. The highest BCUT2D eigenvalue weighted by Gasteiger charge is 2.21. The predicted molar refractivity (Wildman–Crippen MR) is 117 cm³/mol. The standard InChI is InChI=1S/C21H24ClN3O2S/c1-14-5-7-17(8-6-14)27-13-19(26)25(10-9-24(3)4)21-23-20-15(2)11-16(22)12-18(20)28-21/h5-8,11-12H,9-10,13H2,1-4H3. The average Bonchev–Trinajstić information content (AvgIpc) is 3.05. The van der Waals surface area contributed by atoms with Gasteiger partial charge in [-0.3, -0.25) is 9.69 Å². The molecule has 1 heterocycles. The minimum Gasteiger partial charge on any atom is -0.484 e. The molecule has 28 heavy (non-hydrogen) atoms. The number of carbonyl (C=O) groups excluding carboxylic acids is 1. The number of hydrogen-bond acceptors (Lipinski definition) is 5. The molecule has 0 aliphatic carbocycles. The van der Waals surface area contributed by atoms with Crippen molar-refractivity contribution in [3.63, 3.8) is 0 Å². The van der Waals surface area contributed by atoms with E-state index in [2.05, 4.69) is 0 Å². The van der Waals surface area contributed by atoms with Crippen LogP contribution in [0.15, 0.2) is 36.4 Å². The first-order valence-electron chi connectivity index (χ1n) is 9.05. The van der Waals surface area contributed by atoms with Crippen LogP contribution in [0.2, 0.25) is 5.02 Å². The van der Waals surface area contributed by atoms with Crippen LogP contribution in [0.3, 0.4) is 0 Å². The van der Waals surface area contributed by atoms with Crippen LogP contribution in [-0.2, 0) is 4.79 Å². The summed E-state index contributed by atoms with van der Waals surface area (Å²) in [5, 5.41) is 1.34. The van der Waals surface area contributed by atoms with Crippen molar-refractivity contribution in [1.82, 2.24) is 9.88 Å². The Balaban J connectivity index is 1.82. The number of thiazole rings is 1. The number of fused-ring (bicyclic) bond motifs is 1.